The molecule has 67 heavy (non-hydrogen) atoms. The van der Waals surface area contributed by atoms with Crippen LogP contribution in [0, 0.1) is 0 Å². The lowest BCUT2D eigenvalue weighted by atomic mass is 9.86. The highest BCUT2D eigenvalue weighted by Gasteiger charge is 2.52. The molecule has 2 aliphatic heterocycles. The van der Waals surface area contributed by atoms with Crippen molar-refractivity contribution in [1.29, 1.82) is 0 Å². The molecule has 348 valence electrons. The predicted octanol–water partition coefficient (Wildman–Crippen LogP) is 10.4. The Hall–Kier alpha value is -6.86. The highest BCUT2D eigenvalue weighted by molar-refractivity contribution is 6.05. The number of benzene rings is 4. The van der Waals surface area contributed by atoms with Gasteiger partial charge < -0.3 is 25.6 Å². The molecule has 4 aromatic carbocycles. The van der Waals surface area contributed by atoms with E-state index < -0.39 is 17.2 Å². The highest BCUT2D eigenvalue weighted by atomic mass is 16.6. The fourth-order valence-corrected chi connectivity index (χ4v) is 10.4. The molecule has 4 aliphatic rings. The Morgan fingerprint density at radius 2 is 1.00 bits per heavy atom. The summed E-state index contributed by atoms with van der Waals surface area (Å²) in [6.07, 6.45) is 10.1. The summed E-state index contributed by atoms with van der Waals surface area (Å²) >= 11 is 0. The van der Waals surface area contributed by atoms with E-state index in [-0.39, 0.29) is 59.9 Å². The average molecular weight is 905 g/mol. The molecule has 2 aromatic heterocycles. The van der Waals surface area contributed by atoms with Gasteiger partial charge in [0.1, 0.15) is 11.2 Å². The first-order valence-electron chi connectivity index (χ1n) is 23.3. The fraction of sp³-hybridized carbons (Fsp3) is 0.370. The van der Waals surface area contributed by atoms with Crippen LogP contribution in [-0.2, 0) is 9.47 Å². The number of hydrogen-bond acceptors (Lipinski definition) is 9. The lowest BCUT2D eigenvalue weighted by molar-refractivity contribution is 0.0655. The third-order valence-electron chi connectivity index (χ3n) is 13.5. The van der Waals surface area contributed by atoms with Crippen molar-refractivity contribution < 1.29 is 33.8 Å². The van der Waals surface area contributed by atoms with Crippen LogP contribution in [0.2, 0.25) is 0 Å². The van der Waals surface area contributed by atoms with Gasteiger partial charge in [0, 0.05) is 47.3 Å². The number of rotatable bonds is 7. The van der Waals surface area contributed by atoms with Crippen LogP contribution in [0.4, 0.5) is 9.59 Å². The number of carbonyl (C=O) groups is 4. The average Bonchev–Trinajstić information content (AvgIpc) is 3.73. The second-order valence-corrected chi connectivity index (χ2v) is 19.0. The number of pyridine rings is 2. The number of fused-ring (bicyclic) bond motifs is 2. The van der Waals surface area contributed by atoms with Crippen molar-refractivity contribution in [2.75, 3.05) is 0 Å². The number of nitrogens with one attached hydrogen (secondary N) is 1. The summed E-state index contributed by atoms with van der Waals surface area (Å²) < 4.78 is 11.4. The van der Waals surface area contributed by atoms with Gasteiger partial charge in [-0.15, -0.1) is 0 Å². The van der Waals surface area contributed by atoms with Gasteiger partial charge in [0.05, 0.1) is 34.2 Å². The smallest absolute Gasteiger partial charge is 0.411 e. The number of aromatic nitrogens is 2. The molecule has 2 atom stereocenters. The number of carboxylic acid groups (broad SMARTS) is 1. The molecule has 4 heterocycles. The number of cyclic esters (lactones) is 2. The third-order valence-corrected chi connectivity index (χ3v) is 13.5. The van der Waals surface area contributed by atoms with Gasteiger partial charge >= 0.3 is 18.2 Å². The summed E-state index contributed by atoms with van der Waals surface area (Å²) in [6, 6.07) is 39.1. The van der Waals surface area contributed by atoms with Gasteiger partial charge in [-0.25, -0.2) is 14.4 Å². The summed E-state index contributed by atoms with van der Waals surface area (Å²) in [7, 11) is 0. The molecular weight excluding hydrogens is 845 g/mol. The largest absolute Gasteiger partial charge is 0.478 e. The zero-order valence-corrected chi connectivity index (χ0v) is 38.6. The minimum absolute atomic E-state index is 0.0227. The molecule has 10 rings (SSSR count). The van der Waals surface area contributed by atoms with Gasteiger partial charge in [0.2, 0.25) is 0 Å². The highest BCUT2D eigenvalue weighted by Crippen LogP contribution is 2.46. The Bertz CT molecular complexity index is 2690. The predicted molar refractivity (Wildman–Crippen MR) is 257 cm³/mol. The van der Waals surface area contributed by atoms with E-state index in [2.05, 4.69) is 39.6 Å². The number of carbonyl (C=O) groups excluding carboxylic acids is 3. The van der Waals surface area contributed by atoms with E-state index in [0.717, 1.165) is 78.8 Å². The van der Waals surface area contributed by atoms with E-state index >= 15 is 0 Å². The summed E-state index contributed by atoms with van der Waals surface area (Å²) in [4.78, 5) is 61.4. The van der Waals surface area contributed by atoms with Crippen molar-refractivity contribution >= 4 is 45.9 Å². The number of amides is 3. The number of carboxylic acids is 1. The van der Waals surface area contributed by atoms with Crippen molar-refractivity contribution in [1.82, 2.24) is 25.1 Å². The van der Waals surface area contributed by atoms with Gasteiger partial charge in [-0.2, -0.15) is 0 Å². The van der Waals surface area contributed by atoms with Crippen LogP contribution >= 0.6 is 0 Å². The zero-order chi connectivity index (χ0) is 47.3. The third kappa shape index (κ3) is 10.3. The molecule has 0 radical (unpaired) electrons. The van der Waals surface area contributed by atoms with Crippen LogP contribution in [0.25, 0.3) is 21.8 Å². The lowest BCUT2D eigenvalue weighted by Gasteiger charge is -2.38. The first kappa shape index (κ1) is 46.7. The van der Waals surface area contributed by atoms with Crippen LogP contribution in [0.1, 0.15) is 123 Å². The first-order valence-corrected chi connectivity index (χ1v) is 23.3. The standard InChI is InChI=1S/C27H29N3O3.C17H24N2O2.C10H7NO2/c1-27(2)24(19-8-4-3-5-9-19)30(26(32)33-27)21-15-13-20(14-16-21)29-25(31)22-12-6-10-18-11-7-17-28-23(18)22;1-17(2)15(12-6-4-3-5-7-12)19(16(20)21-17)14-10-8-13(18)9-11-14;12-10(13)8-5-1-3-7-4-2-6-11-9(7)8/h3-12,17,20-21,24H,13-16H2,1-2H3,(H,29,31);3-7,13-15H,8-11,18H2,1-2H3;1-6H,(H,12,13)/t20?,21?,24-;13?,14?,15-;/m00./s1. The van der Waals surface area contributed by atoms with Crippen molar-refractivity contribution in [3.05, 3.63) is 156 Å². The SMILES string of the molecule is CC1(C)OC(=O)N(C2CCC(N)CC2)[C@H]1c1ccccc1.CC1(C)OC(=O)N(C2CCC(NC(=O)c3cccc4cccnc34)CC2)[C@H]1c1ccccc1.O=C(O)c1cccc2cccnc12. The van der Waals surface area contributed by atoms with Crippen LogP contribution < -0.4 is 11.1 Å². The van der Waals surface area contributed by atoms with Crippen molar-refractivity contribution in [2.45, 2.75) is 127 Å². The topological polar surface area (TPSA) is 177 Å². The van der Waals surface area contributed by atoms with E-state index in [1.165, 1.54) is 0 Å². The Kier molecular flexibility index (Phi) is 13.9. The maximum absolute atomic E-state index is 13.0. The van der Waals surface area contributed by atoms with Gasteiger partial charge in [0.25, 0.3) is 5.91 Å². The summed E-state index contributed by atoms with van der Waals surface area (Å²) in [5, 5.41) is 13.8. The minimum atomic E-state index is -0.940. The molecule has 0 unspecified atom stereocenters. The number of nitrogens with two attached hydrogens (primary N) is 1. The van der Waals surface area contributed by atoms with Crippen molar-refractivity contribution in [2.24, 2.45) is 5.73 Å². The molecule has 2 saturated carbocycles. The monoisotopic (exact) mass is 904 g/mol. The molecule has 4 N–H and O–H groups in total. The van der Waals surface area contributed by atoms with Crippen molar-refractivity contribution in [3.8, 4) is 0 Å². The van der Waals surface area contributed by atoms with Crippen LogP contribution in [0.5, 0.6) is 0 Å². The fourth-order valence-electron chi connectivity index (χ4n) is 10.4. The summed E-state index contributed by atoms with van der Waals surface area (Å²) in [6.45, 7) is 7.95. The Labute approximate surface area is 391 Å². The lowest BCUT2D eigenvalue weighted by Crippen LogP contribution is -2.46. The normalized spacial score (nSPS) is 24.1. The Morgan fingerprint density at radius 3 is 1.46 bits per heavy atom. The molecule has 3 amide bonds. The van der Waals surface area contributed by atoms with Crippen LogP contribution in [-0.4, -0.2) is 84.3 Å². The maximum atomic E-state index is 13.0. The van der Waals surface area contributed by atoms with Gasteiger partial charge in [-0.05, 0) is 114 Å². The maximum Gasteiger partial charge on any atom is 0.411 e. The summed E-state index contributed by atoms with van der Waals surface area (Å²) in [5.74, 6) is -1.03. The first-order chi connectivity index (χ1) is 32.2. The Morgan fingerprint density at radius 1 is 0.582 bits per heavy atom. The molecular formula is C54H60N6O7. The molecule has 0 spiro atoms. The number of aromatic carboxylic acids is 1. The van der Waals surface area contributed by atoms with E-state index in [1.54, 1.807) is 30.6 Å². The molecule has 2 aliphatic carbocycles. The molecule has 6 aromatic rings. The molecule has 2 saturated heterocycles. The van der Waals surface area contributed by atoms with Crippen LogP contribution in [0.3, 0.4) is 0 Å². The Balaban J connectivity index is 0.000000152. The second-order valence-electron chi connectivity index (χ2n) is 19.0. The zero-order valence-electron chi connectivity index (χ0n) is 38.6. The molecule has 0 bridgehead atoms. The number of para-hydroxylation sites is 2. The second kappa shape index (κ2) is 19.9. The van der Waals surface area contributed by atoms with Crippen LogP contribution in [0.15, 0.2) is 134 Å². The van der Waals surface area contributed by atoms with E-state index in [9.17, 15) is 19.2 Å². The van der Waals surface area contributed by atoms with E-state index in [1.807, 2.05) is 116 Å². The molecule has 13 nitrogen and oxygen atoms in total. The number of nitrogens with zero attached hydrogens (tertiary/aromatic N) is 4. The molecule has 4 fully saturated rings. The van der Waals surface area contributed by atoms with E-state index in [0.29, 0.717) is 11.1 Å². The molecule has 13 heteroatoms. The van der Waals surface area contributed by atoms with Gasteiger partial charge in [0.15, 0.2) is 0 Å². The number of hydrogen-bond donors (Lipinski definition) is 3. The van der Waals surface area contributed by atoms with Crippen molar-refractivity contribution in [3.63, 3.8) is 0 Å². The van der Waals surface area contributed by atoms with Gasteiger partial charge in [-0.3, -0.25) is 24.6 Å². The van der Waals surface area contributed by atoms with Gasteiger partial charge in [-0.1, -0.05) is 97.1 Å². The summed E-state index contributed by atoms with van der Waals surface area (Å²) in [5.41, 5.74) is 9.24. The minimum Gasteiger partial charge on any atom is -0.478 e. The number of ether oxygens (including phenoxy) is 2. The quantitative estimate of drug-likeness (QED) is 0.140. The van der Waals surface area contributed by atoms with E-state index in [4.69, 9.17) is 20.3 Å².